The molecule has 2 heterocycles. The van der Waals surface area contributed by atoms with Crippen molar-refractivity contribution in [2.45, 2.75) is 10.9 Å². The monoisotopic (exact) mass is 461 g/mol. The number of nitrogens with one attached hydrogen (secondary N) is 1. The number of aromatic nitrogens is 3. The topological polar surface area (TPSA) is 69.1 Å². The van der Waals surface area contributed by atoms with Crippen molar-refractivity contribution in [1.29, 1.82) is 0 Å². The molecule has 0 saturated heterocycles. The number of halogens is 1. The van der Waals surface area contributed by atoms with Gasteiger partial charge in [-0.2, -0.15) is 0 Å². The molecule has 0 bridgehead atoms. The first kappa shape index (κ1) is 21.1. The highest BCUT2D eigenvalue weighted by molar-refractivity contribution is 7.98. The van der Waals surface area contributed by atoms with E-state index in [0.717, 1.165) is 16.5 Å². The zero-order valence-corrected chi connectivity index (χ0v) is 18.8. The molecule has 3 aromatic carbocycles. The van der Waals surface area contributed by atoms with Gasteiger partial charge in [0.05, 0.1) is 19.9 Å². The van der Waals surface area contributed by atoms with E-state index < -0.39 is 0 Å². The lowest BCUT2D eigenvalue weighted by Gasteiger charge is -2.14. The Balaban J connectivity index is 1.70. The van der Waals surface area contributed by atoms with E-state index in [4.69, 9.17) is 14.5 Å². The summed E-state index contributed by atoms with van der Waals surface area (Å²) in [6.07, 6.45) is 0. The van der Waals surface area contributed by atoms with Crippen LogP contribution in [0, 0.1) is 5.82 Å². The van der Waals surface area contributed by atoms with Gasteiger partial charge in [0.15, 0.2) is 16.7 Å². The molecule has 5 aromatic rings. The van der Waals surface area contributed by atoms with Crippen LogP contribution in [0.4, 0.5) is 4.39 Å². The summed E-state index contributed by atoms with van der Waals surface area (Å²) in [5.74, 6) is 1.31. The van der Waals surface area contributed by atoms with Crippen molar-refractivity contribution >= 4 is 33.7 Å². The molecule has 0 fully saturated rings. The van der Waals surface area contributed by atoms with Crippen LogP contribution in [0.3, 0.4) is 0 Å². The van der Waals surface area contributed by atoms with Crippen LogP contribution in [0.15, 0.2) is 76.7 Å². The average molecular weight is 462 g/mol. The van der Waals surface area contributed by atoms with Gasteiger partial charge in [0.2, 0.25) is 0 Å². The molecule has 0 atom stereocenters. The molecular formula is C25H20FN3O3S. The van der Waals surface area contributed by atoms with Crippen molar-refractivity contribution in [3.05, 3.63) is 88.5 Å². The minimum absolute atomic E-state index is 0.218. The van der Waals surface area contributed by atoms with Gasteiger partial charge in [0, 0.05) is 22.7 Å². The fourth-order valence-corrected chi connectivity index (χ4v) is 4.72. The minimum atomic E-state index is -0.288. The molecule has 0 amide bonds. The predicted molar refractivity (Wildman–Crippen MR) is 128 cm³/mol. The fraction of sp³-hybridized carbons (Fsp3) is 0.120. The molecule has 1 N–H and O–H groups in total. The zero-order valence-electron chi connectivity index (χ0n) is 18.0. The summed E-state index contributed by atoms with van der Waals surface area (Å²) in [6, 6.07) is 19.3. The number of H-pyrrole nitrogens is 1. The number of ether oxygens (including phenoxy) is 2. The Morgan fingerprint density at radius 1 is 1.00 bits per heavy atom. The highest BCUT2D eigenvalue weighted by atomic mass is 32.2. The molecule has 0 saturated carbocycles. The Hall–Kier alpha value is -3.78. The van der Waals surface area contributed by atoms with Crippen LogP contribution in [0.2, 0.25) is 0 Å². The second-order valence-corrected chi connectivity index (χ2v) is 8.33. The summed E-state index contributed by atoms with van der Waals surface area (Å²) in [5, 5.41) is 1.40. The Morgan fingerprint density at radius 2 is 1.76 bits per heavy atom. The Kier molecular flexibility index (Phi) is 5.51. The highest BCUT2D eigenvalue weighted by Gasteiger charge is 2.18. The van der Waals surface area contributed by atoms with Gasteiger partial charge in [-0.3, -0.25) is 9.36 Å². The molecule has 0 aliphatic carbocycles. The van der Waals surface area contributed by atoms with Crippen molar-refractivity contribution < 1.29 is 13.9 Å². The molecule has 0 unspecified atom stereocenters. The van der Waals surface area contributed by atoms with Gasteiger partial charge in [-0.25, -0.2) is 9.37 Å². The Labute approximate surface area is 193 Å². The second kappa shape index (κ2) is 8.63. The van der Waals surface area contributed by atoms with Crippen molar-refractivity contribution in [1.82, 2.24) is 14.5 Å². The number of rotatable bonds is 6. The number of hydrogen-bond acceptors (Lipinski definition) is 5. The summed E-state index contributed by atoms with van der Waals surface area (Å²) < 4.78 is 25.7. The molecule has 0 aliphatic rings. The molecular weight excluding hydrogens is 441 g/mol. The maximum absolute atomic E-state index is 13.7. The third-order valence-electron chi connectivity index (χ3n) is 5.40. The van der Waals surface area contributed by atoms with E-state index in [2.05, 4.69) is 4.98 Å². The van der Waals surface area contributed by atoms with Crippen molar-refractivity contribution in [2.24, 2.45) is 0 Å². The Morgan fingerprint density at radius 3 is 2.52 bits per heavy atom. The summed E-state index contributed by atoms with van der Waals surface area (Å²) >= 11 is 1.41. The largest absolute Gasteiger partial charge is 0.493 e. The van der Waals surface area contributed by atoms with Crippen LogP contribution in [-0.2, 0) is 5.75 Å². The number of methoxy groups -OCH3 is 2. The maximum Gasteiger partial charge on any atom is 0.283 e. The number of hydrogen-bond donors (Lipinski definition) is 1. The lowest BCUT2D eigenvalue weighted by Crippen LogP contribution is -2.22. The standard InChI is InChI=1S/C25H20FN3O3S/c1-31-20-12-11-17(13-21(20)32-2)29-24(30)23-22(18-5-3-4-6-19(18)27-23)28-25(29)33-14-15-7-9-16(26)10-8-15/h3-13,27H,14H2,1-2H3. The van der Waals surface area contributed by atoms with Crippen LogP contribution in [0.25, 0.3) is 27.6 Å². The van der Waals surface area contributed by atoms with E-state index in [0.29, 0.717) is 39.1 Å². The third kappa shape index (κ3) is 3.82. The predicted octanol–water partition coefficient (Wildman–Crippen LogP) is 5.32. The molecule has 2 aromatic heterocycles. The minimum Gasteiger partial charge on any atom is -0.493 e. The first-order chi connectivity index (χ1) is 16.1. The first-order valence-electron chi connectivity index (χ1n) is 10.2. The SMILES string of the molecule is COc1ccc(-n2c(SCc3ccc(F)cc3)nc3c([nH]c4ccccc43)c2=O)cc1OC. The number of nitrogens with zero attached hydrogens (tertiary/aromatic N) is 2. The van der Waals surface area contributed by atoms with E-state index in [-0.39, 0.29) is 11.4 Å². The van der Waals surface area contributed by atoms with Gasteiger partial charge in [-0.15, -0.1) is 0 Å². The van der Waals surface area contributed by atoms with Crippen LogP contribution in [0.5, 0.6) is 11.5 Å². The number of para-hydroxylation sites is 1. The van der Waals surface area contributed by atoms with Crippen molar-refractivity contribution in [3.8, 4) is 17.2 Å². The molecule has 33 heavy (non-hydrogen) atoms. The van der Waals surface area contributed by atoms with Crippen molar-refractivity contribution in [2.75, 3.05) is 14.2 Å². The van der Waals surface area contributed by atoms with Gasteiger partial charge >= 0.3 is 0 Å². The quantitative estimate of drug-likeness (QED) is 0.274. The number of fused-ring (bicyclic) bond motifs is 3. The van der Waals surface area contributed by atoms with Gasteiger partial charge in [-0.05, 0) is 35.9 Å². The maximum atomic E-state index is 13.7. The molecule has 166 valence electrons. The summed E-state index contributed by atoms with van der Waals surface area (Å²) in [6.45, 7) is 0. The smallest absolute Gasteiger partial charge is 0.283 e. The average Bonchev–Trinajstić information content (AvgIpc) is 3.22. The van der Waals surface area contributed by atoms with E-state index in [1.54, 1.807) is 49.1 Å². The molecule has 5 rings (SSSR count). The van der Waals surface area contributed by atoms with Gasteiger partial charge in [0.1, 0.15) is 16.9 Å². The van der Waals surface area contributed by atoms with Gasteiger partial charge in [-0.1, -0.05) is 42.1 Å². The molecule has 6 nitrogen and oxygen atoms in total. The number of aromatic amines is 1. The van der Waals surface area contributed by atoms with E-state index >= 15 is 0 Å². The van der Waals surface area contributed by atoms with E-state index in [1.165, 1.54) is 23.9 Å². The zero-order chi connectivity index (χ0) is 22.9. The van der Waals surface area contributed by atoms with Gasteiger partial charge in [0.25, 0.3) is 5.56 Å². The molecule has 0 spiro atoms. The normalized spacial score (nSPS) is 11.2. The first-order valence-corrected chi connectivity index (χ1v) is 11.2. The summed E-state index contributed by atoms with van der Waals surface area (Å²) in [4.78, 5) is 21.8. The second-order valence-electron chi connectivity index (χ2n) is 7.38. The summed E-state index contributed by atoms with van der Waals surface area (Å²) in [5.41, 5.74) is 3.20. The molecule has 8 heteroatoms. The summed E-state index contributed by atoms with van der Waals surface area (Å²) in [7, 11) is 3.11. The molecule has 0 radical (unpaired) electrons. The molecule has 0 aliphatic heterocycles. The van der Waals surface area contributed by atoms with Gasteiger partial charge < -0.3 is 14.5 Å². The highest BCUT2D eigenvalue weighted by Crippen LogP contribution is 2.32. The lowest BCUT2D eigenvalue weighted by molar-refractivity contribution is 0.354. The van der Waals surface area contributed by atoms with E-state index in [9.17, 15) is 9.18 Å². The van der Waals surface area contributed by atoms with Crippen molar-refractivity contribution in [3.63, 3.8) is 0 Å². The lowest BCUT2D eigenvalue weighted by atomic mass is 10.2. The Bertz CT molecular complexity index is 1530. The van der Waals surface area contributed by atoms with Crippen LogP contribution in [-0.4, -0.2) is 28.8 Å². The van der Waals surface area contributed by atoms with Crippen LogP contribution in [0.1, 0.15) is 5.56 Å². The number of thioether (sulfide) groups is 1. The fourth-order valence-electron chi connectivity index (χ4n) is 3.76. The van der Waals surface area contributed by atoms with Crippen LogP contribution < -0.4 is 15.0 Å². The third-order valence-corrected chi connectivity index (χ3v) is 6.41. The number of benzene rings is 3. The van der Waals surface area contributed by atoms with Crippen LogP contribution >= 0.6 is 11.8 Å². The van der Waals surface area contributed by atoms with E-state index in [1.807, 2.05) is 24.3 Å².